The van der Waals surface area contributed by atoms with Gasteiger partial charge in [0.05, 0.1) is 17.9 Å². The molecule has 0 bridgehead atoms. The number of benzene rings is 1. The topological polar surface area (TPSA) is 109 Å². The van der Waals surface area contributed by atoms with E-state index < -0.39 is 0 Å². The summed E-state index contributed by atoms with van der Waals surface area (Å²) in [4.78, 5) is 31.0. The molecule has 0 spiro atoms. The van der Waals surface area contributed by atoms with Gasteiger partial charge in [0.25, 0.3) is 11.8 Å². The molecular formula is C22H22ClN5O4. The van der Waals surface area contributed by atoms with E-state index in [0.29, 0.717) is 28.4 Å². The van der Waals surface area contributed by atoms with Gasteiger partial charge >= 0.3 is 0 Å². The first-order valence-corrected chi connectivity index (χ1v) is 10.5. The second-order valence-corrected chi connectivity index (χ2v) is 7.95. The molecule has 0 saturated carbocycles. The lowest BCUT2D eigenvalue weighted by Gasteiger charge is -2.30. The average Bonchev–Trinajstić information content (AvgIpc) is 3.20. The monoisotopic (exact) mass is 455 g/mol. The van der Waals surface area contributed by atoms with Gasteiger partial charge in [0, 0.05) is 37.0 Å². The van der Waals surface area contributed by atoms with Crippen molar-refractivity contribution in [2.24, 2.45) is 0 Å². The first-order chi connectivity index (χ1) is 15.4. The normalized spacial score (nSPS) is 12.9. The van der Waals surface area contributed by atoms with Crippen molar-refractivity contribution in [2.75, 3.05) is 18.4 Å². The quantitative estimate of drug-likeness (QED) is 0.554. The molecule has 1 aliphatic rings. The van der Waals surface area contributed by atoms with Gasteiger partial charge in [0.2, 0.25) is 5.88 Å². The Morgan fingerprint density at radius 1 is 1.16 bits per heavy atom. The molecule has 0 atom stereocenters. The SMILES string of the molecule is CC(C)Oc1cc(Oc2ncc(C(=O)N3CCC3)cc2Cl)cc(C(=O)Nc2ccn[nH]2)c1. The van der Waals surface area contributed by atoms with E-state index in [0.717, 1.165) is 19.5 Å². The largest absolute Gasteiger partial charge is 0.491 e. The fourth-order valence-electron chi connectivity index (χ4n) is 3.05. The van der Waals surface area contributed by atoms with Gasteiger partial charge < -0.3 is 19.7 Å². The summed E-state index contributed by atoms with van der Waals surface area (Å²) < 4.78 is 11.6. The van der Waals surface area contributed by atoms with Crippen molar-refractivity contribution in [3.8, 4) is 17.4 Å². The lowest BCUT2D eigenvalue weighted by molar-refractivity contribution is 0.0651. The number of pyridine rings is 1. The maximum atomic E-state index is 12.7. The van der Waals surface area contributed by atoms with Gasteiger partial charge in [-0.3, -0.25) is 14.7 Å². The summed E-state index contributed by atoms with van der Waals surface area (Å²) in [7, 11) is 0. The van der Waals surface area contributed by atoms with Crippen molar-refractivity contribution in [2.45, 2.75) is 26.4 Å². The van der Waals surface area contributed by atoms with E-state index in [1.54, 1.807) is 29.2 Å². The molecule has 9 nitrogen and oxygen atoms in total. The highest BCUT2D eigenvalue weighted by Gasteiger charge is 2.23. The van der Waals surface area contributed by atoms with Crippen LogP contribution in [0.1, 0.15) is 41.0 Å². The molecule has 2 amide bonds. The van der Waals surface area contributed by atoms with Gasteiger partial charge in [-0.1, -0.05) is 11.6 Å². The molecule has 1 fully saturated rings. The Hall–Kier alpha value is -3.59. The number of aromatic nitrogens is 3. The van der Waals surface area contributed by atoms with E-state index in [1.807, 2.05) is 13.8 Å². The predicted octanol–water partition coefficient (Wildman–Crippen LogP) is 4.14. The molecule has 10 heteroatoms. The molecule has 2 N–H and O–H groups in total. The highest BCUT2D eigenvalue weighted by atomic mass is 35.5. The van der Waals surface area contributed by atoms with Crippen LogP contribution in [0.2, 0.25) is 5.02 Å². The smallest absolute Gasteiger partial charge is 0.257 e. The van der Waals surface area contributed by atoms with Gasteiger partial charge in [-0.15, -0.1) is 0 Å². The molecule has 0 aliphatic carbocycles. The van der Waals surface area contributed by atoms with Crippen molar-refractivity contribution < 1.29 is 19.1 Å². The van der Waals surface area contributed by atoms with Crippen molar-refractivity contribution in [1.82, 2.24) is 20.1 Å². The van der Waals surface area contributed by atoms with Crippen molar-refractivity contribution in [3.63, 3.8) is 0 Å². The molecule has 166 valence electrons. The summed E-state index contributed by atoms with van der Waals surface area (Å²) >= 11 is 6.33. The summed E-state index contributed by atoms with van der Waals surface area (Å²) in [5.41, 5.74) is 0.715. The minimum atomic E-state index is -0.372. The van der Waals surface area contributed by atoms with Crippen LogP contribution in [0.4, 0.5) is 5.82 Å². The number of H-pyrrole nitrogens is 1. The second kappa shape index (κ2) is 9.27. The minimum Gasteiger partial charge on any atom is -0.491 e. The first kappa shape index (κ1) is 21.6. The van der Waals surface area contributed by atoms with E-state index in [4.69, 9.17) is 21.1 Å². The number of ether oxygens (including phenoxy) is 2. The number of hydrogen-bond acceptors (Lipinski definition) is 6. The lowest BCUT2D eigenvalue weighted by Crippen LogP contribution is -2.42. The number of nitrogens with zero attached hydrogens (tertiary/aromatic N) is 3. The van der Waals surface area contributed by atoms with Gasteiger partial charge in [-0.25, -0.2) is 4.98 Å². The van der Waals surface area contributed by atoms with Gasteiger partial charge in [-0.2, -0.15) is 5.10 Å². The number of aromatic amines is 1. The summed E-state index contributed by atoms with van der Waals surface area (Å²) in [6.45, 7) is 5.23. The minimum absolute atomic E-state index is 0.109. The van der Waals surface area contributed by atoms with E-state index in [9.17, 15) is 9.59 Å². The first-order valence-electron chi connectivity index (χ1n) is 10.1. The number of rotatable bonds is 7. The third kappa shape index (κ3) is 5.00. The van der Waals surface area contributed by atoms with Crippen LogP contribution in [0, 0.1) is 0 Å². The van der Waals surface area contributed by atoms with Crippen LogP contribution < -0.4 is 14.8 Å². The van der Waals surface area contributed by atoms with Crippen molar-refractivity contribution >= 4 is 29.2 Å². The number of amides is 2. The third-order valence-electron chi connectivity index (χ3n) is 4.68. The van der Waals surface area contributed by atoms with E-state index in [1.165, 1.54) is 18.5 Å². The maximum absolute atomic E-state index is 12.7. The number of hydrogen-bond donors (Lipinski definition) is 2. The molecule has 1 aliphatic heterocycles. The lowest BCUT2D eigenvalue weighted by atomic mass is 10.1. The van der Waals surface area contributed by atoms with E-state index >= 15 is 0 Å². The standard InChI is InChI=1S/C22H22ClN5O4/c1-13(2)31-16-8-14(20(29)26-19-4-5-25-27-19)9-17(11-16)32-21-18(23)10-15(12-24-21)22(30)28-6-3-7-28/h4-5,8-13H,3,6-7H2,1-2H3,(H2,25,26,27,29). The molecule has 1 saturated heterocycles. The highest BCUT2D eigenvalue weighted by Crippen LogP contribution is 2.32. The number of carbonyl (C=O) groups is 2. The molecule has 4 rings (SSSR count). The second-order valence-electron chi connectivity index (χ2n) is 7.54. The molecule has 32 heavy (non-hydrogen) atoms. The van der Waals surface area contributed by atoms with Crippen molar-refractivity contribution in [3.05, 3.63) is 58.9 Å². The molecule has 0 unspecified atom stereocenters. The Labute approximate surface area is 189 Å². The molecular weight excluding hydrogens is 434 g/mol. The number of anilines is 1. The Morgan fingerprint density at radius 2 is 1.94 bits per heavy atom. The number of halogens is 1. The van der Waals surface area contributed by atoms with Crippen LogP contribution >= 0.6 is 11.6 Å². The number of carbonyl (C=O) groups excluding carboxylic acids is 2. The zero-order valence-corrected chi connectivity index (χ0v) is 18.3. The fraction of sp³-hybridized carbons (Fsp3) is 0.273. The molecule has 3 heterocycles. The number of nitrogens with one attached hydrogen (secondary N) is 2. The van der Waals surface area contributed by atoms with E-state index in [2.05, 4.69) is 20.5 Å². The van der Waals surface area contributed by atoms with Crippen molar-refractivity contribution in [1.29, 1.82) is 0 Å². The van der Waals surface area contributed by atoms with Crippen LogP contribution in [0.3, 0.4) is 0 Å². The summed E-state index contributed by atoms with van der Waals surface area (Å²) in [5, 5.41) is 9.38. The van der Waals surface area contributed by atoms with Gasteiger partial charge in [0.15, 0.2) is 0 Å². The van der Waals surface area contributed by atoms with Crippen LogP contribution in [0.25, 0.3) is 0 Å². The number of likely N-dealkylation sites (tertiary alicyclic amines) is 1. The molecule has 2 aromatic heterocycles. The predicted molar refractivity (Wildman–Crippen MR) is 119 cm³/mol. The Morgan fingerprint density at radius 3 is 2.56 bits per heavy atom. The highest BCUT2D eigenvalue weighted by molar-refractivity contribution is 6.32. The van der Waals surface area contributed by atoms with Crippen LogP contribution in [0.15, 0.2) is 42.7 Å². The zero-order valence-electron chi connectivity index (χ0n) is 17.6. The van der Waals surface area contributed by atoms with E-state index in [-0.39, 0.29) is 28.8 Å². The zero-order chi connectivity index (χ0) is 22.7. The molecule has 0 radical (unpaired) electrons. The maximum Gasteiger partial charge on any atom is 0.257 e. The Kier molecular flexibility index (Phi) is 6.27. The third-order valence-corrected chi connectivity index (χ3v) is 4.95. The molecule has 1 aromatic carbocycles. The summed E-state index contributed by atoms with van der Waals surface area (Å²) in [5.74, 6) is 0.862. The van der Waals surface area contributed by atoms with Crippen LogP contribution in [-0.2, 0) is 0 Å². The van der Waals surface area contributed by atoms with Gasteiger partial charge in [-0.05, 0) is 38.5 Å². The summed E-state index contributed by atoms with van der Waals surface area (Å²) in [6, 6.07) is 7.98. The van der Waals surface area contributed by atoms with Gasteiger partial charge in [0.1, 0.15) is 22.3 Å². The van der Waals surface area contributed by atoms with Crippen LogP contribution in [-0.4, -0.2) is 51.1 Å². The fourth-order valence-corrected chi connectivity index (χ4v) is 3.26. The Balaban J connectivity index is 1.57. The Bertz CT molecular complexity index is 1130. The average molecular weight is 456 g/mol. The molecule has 3 aromatic rings. The summed E-state index contributed by atoms with van der Waals surface area (Å²) in [6.07, 6.45) is 3.86. The van der Waals surface area contributed by atoms with Crippen LogP contribution in [0.5, 0.6) is 17.4 Å².